The number of carboxylic acid groups (broad SMARTS) is 1. The minimum atomic E-state index is -1.08. The number of hydrogen-bond donors (Lipinski definition) is 4. The maximum Gasteiger partial charge on any atom is 0.328 e. The Morgan fingerprint density at radius 1 is 1.12 bits per heavy atom. The highest BCUT2D eigenvalue weighted by Crippen LogP contribution is 2.15. The molecular weight excluding hydrogens is 414 g/mol. The van der Waals surface area contributed by atoms with Crippen molar-refractivity contribution in [3.63, 3.8) is 0 Å². The Labute approximate surface area is 188 Å². The first-order chi connectivity index (χ1) is 15.1. The summed E-state index contributed by atoms with van der Waals surface area (Å²) in [4.78, 5) is 47.6. The van der Waals surface area contributed by atoms with Crippen molar-refractivity contribution in [1.82, 2.24) is 15.6 Å². The van der Waals surface area contributed by atoms with E-state index in [0.717, 1.165) is 0 Å². The van der Waals surface area contributed by atoms with Crippen LogP contribution in [-0.2, 0) is 23.9 Å². The Morgan fingerprint density at radius 2 is 1.75 bits per heavy atom. The molecule has 32 heavy (non-hydrogen) atoms. The maximum absolute atomic E-state index is 11.7. The number of nitrogens with one attached hydrogen (secondary N) is 3. The number of aromatic nitrogens is 1. The third-order valence-corrected chi connectivity index (χ3v) is 3.91. The van der Waals surface area contributed by atoms with Crippen molar-refractivity contribution < 1.29 is 29.0 Å². The van der Waals surface area contributed by atoms with Crippen molar-refractivity contribution in [3.05, 3.63) is 36.0 Å². The van der Waals surface area contributed by atoms with E-state index in [1.165, 1.54) is 23.4 Å². The number of carbonyl (C=O) groups is 4. The average Bonchev–Trinajstić information content (AvgIpc) is 3.12. The number of H-pyrrole nitrogens is 1. The van der Waals surface area contributed by atoms with E-state index in [1.807, 2.05) is 26.1 Å². The first-order valence-electron chi connectivity index (χ1n) is 10.6. The number of para-hydroxylation sites is 1. The van der Waals surface area contributed by atoms with Crippen LogP contribution in [0.25, 0.3) is 10.9 Å². The zero-order valence-electron chi connectivity index (χ0n) is 19.7. The van der Waals surface area contributed by atoms with Gasteiger partial charge in [0.15, 0.2) is 0 Å². The molecule has 0 fully saturated rings. The van der Waals surface area contributed by atoms with Gasteiger partial charge in [-0.25, -0.2) is 4.79 Å². The van der Waals surface area contributed by atoms with E-state index in [4.69, 9.17) is 9.84 Å². The van der Waals surface area contributed by atoms with Crippen LogP contribution in [0.15, 0.2) is 30.5 Å². The number of esters is 1. The summed E-state index contributed by atoms with van der Waals surface area (Å²) < 4.78 is 4.94. The lowest BCUT2D eigenvalue weighted by Crippen LogP contribution is -2.46. The van der Waals surface area contributed by atoms with Gasteiger partial charge in [-0.2, -0.15) is 0 Å². The molecule has 0 spiro atoms. The van der Waals surface area contributed by atoms with Crippen LogP contribution in [0.2, 0.25) is 0 Å². The van der Waals surface area contributed by atoms with Gasteiger partial charge in [0.25, 0.3) is 0 Å². The summed E-state index contributed by atoms with van der Waals surface area (Å²) in [5.74, 6) is -2.75. The largest absolute Gasteiger partial charge is 0.481 e. The van der Waals surface area contributed by atoms with E-state index in [-0.39, 0.29) is 31.4 Å². The number of aliphatic carboxylic acids is 1. The molecule has 0 bridgehead atoms. The van der Waals surface area contributed by atoms with Crippen LogP contribution in [-0.4, -0.2) is 52.5 Å². The number of aryl methyl sites for hydroxylation is 1. The fourth-order valence-electron chi connectivity index (χ4n) is 2.50. The summed E-state index contributed by atoms with van der Waals surface area (Å²) in [5, 5.41) is 14.6. The average molecular weight is 450 g/mol. The van der Waals surface area contributed by atoms with Gasteiger partial charge in [0.2, 0.25) is 11.8 Å². The minimum absolute atomic E-state index is 0.0767. The first kappa shape index (κ1) is 28.6. The third kappa shape index (κ3) is 11.7. The molecule has 1 heterocycles. The molecule has 1 aromatic carbocycles. The normalized spacial score (nSPS) is 10.7. The van der Waals surface area contributed by atoms with Gasteiger partial charge >= 0.3 is 11.9 Å². The monoisotopic (exact) mass is 449 g/mol. The van der Waals surface area contributed by atoms with E-state index in [1.54, 1.807) is 13.8 Å². The zero-order chi connectivity index (χ0) is 24.7. The van der Waals surface area contributed by atoms with Crippen LogP contribution in [0.3, 0.4) is 0 Å². The Hall–Kier alpha value is -3.36. The summed E-state index contributed by atoms with van der Waals surface area (Å²) in [7, 11) is 0. The lowest BCUT2D eigenvalue weighted by molar-refractivity contribution is -0.152. The lowest BCUT2D eigenvalue weighted by atomic mass is 10.1. The molecule has 0 aliphatic heterocycles. The Kier molecular flexibility index (Phi) is 13.8. The van der Waals surface area contributed by atoms with E-state index in [2.05, 4.69) is 40.7 Å². The molecule has 2 rings (SSSR count). The number of ether oxygens (including phenoxy) is 1. The molecule has 178 valence electrons. The van der Waals surface area contributed by atoms with Gasteiger partial charge < -0.3 is 25.5 Å². The van der Waals surface area contributed by atoms with Crippen LogP contribution >= 0.6 is 0 Å². The zero-order valence-corrected chi connectivity index (χ0v) is 19.7. The summed E-state index contributed by atoms with van der Waals surface area (Å²) in [6.07, 6.45) is 1.30. The number of hydrogen-bond acceptors (Lipinski definition) is 5. The highest BCUT2D eigenvalue weighted by atomic mass is 16.5. The van der Waals surface area contributed by atoms with Gasteiger partial charge in [0.05, 0.1) is 12.6 Å². The smallest absolute Gasteiger partial charge is 0.328 e. The van der Waals surface area contributed by atoms with Crippen molar-refractivity contribution in [3.8, 4) is 0 Å². The summed E-state index contributed by atoms with van der Waals surface area (Å²) >= 11 is 0. The van der Waals surface area contributed by atoms with E-state index < -0.39 is 23.9 Å². The molecule has 2 aromatic rings. The molecule has 0 aliphatic carbocycles. The number of rotatable bonds is 8. The van der Waals surface area contributed by atoms with Crippen LogP contribution in [0, 0.1) is 6.92 Å². The molecule has 9 nitrogen and oxygen atoms in total. The second-order valence-corrected chi connectivity index (χ2v) is 6.97. The molecule has 0 aliphatic rings. The second-order valence-electron chi connectivity index (χ2n) is 6.97. The number of amides is 2. The van der Waals surface area contributed by atoms with Crippen LogP contribution < -0.4 is 10.6 Å². The maximum atomic E-state index is 11.7. The highest BCUT2D eigenvalue weighted by Gasteiger charge is 2.23. The standard InChI is InChI=1S/C12H20N2O6.C9H9N.C2H6/c1-7(2)20-12(19)9(4-5-11(17)18)14-10(16)6-13-8(3)15;1-7-6-10-9-5-3-2-4-8(7)9;1-2/h7,9H,4-6H2,1-3H3,(H,13,15)(H,14,16)(H,17,18);2-6,10H,1H3;1-2H3. The van der Waals surface area contributed by atoms with Gasteiger partial charge in [-0.3, -0.25) is 14.4 Å². The van der Waals surface area contributed by atoms with E-state index in [9.17, 15) is 19.2 Å². The Balaban J connectivity index is 0.000000656. The van der Waals surface area contributed by atoms with Gasteiger partial charge in [-0.05, 0) is 38.8 Å². The molecule has 2 amide bonds. The predicted molar refractivity (Wildman–Crippen MR) is 123 cm³/mol. The molecule has 0 saturated heterocycles. The van der Waals surface area contributed by atoms with Gasteiger partial charge in [-0.1, -0.05) is 32.0 Å². The van der Waals surface area contributed by atoms with Crippen LogP contribution in [0.1, 0.15) is 53.0 Å². The summed E-state index contributed by atoms with van der Waals surface area (Å²) in [6.45, 7) is 10.4. The summed E-state index contributed by atoms with van der Waals surface area (Å²) in [6, 6.07) is 7.26. The number of carbonyl (C=O) groups excluding carboxylic acids is 3. The Bertz CT molecular complexity index is 875. The quantitative estimate of drug-likeness (QED) is 0.457. The molecule has 1 aromatic heterocycles. The number of aromatic amines is 1. The van der Waals surface area contributed by atoms with Gasteiger partial charge in [-0.15, -0.1) is 0 Å². The van der Waals surface area contributed by atoms with E-state index in [0.29, 0.717) is 0 Å². The third-order valence-electron chi connectivity index (χ3n) is 3.91. The van der Waals surface area contributed by atoms with Crippen LogP contribution in [0.4, 0.5) is 0 Å². The molecule has 0 radical (unpaired) electrons. The fraction of sp³-hybridized carbons (Fsp3) is 0.478. The number of fused-ring (bicyclic) bond motifs is 1. The second kappa shape index (κ2) is 15.4. The first-order valence-corrected chi connectivity index (χ1v) is 10.6. The van der Waals surface area contributed by atoms with Crippen LogP contribution in [0.5, 0.6) is 0 Å². The van der Waals surface area contributed by atoms with Gasteiger partial charge in [0, 0.05) is 30.4 Å². The van der Waals surface area contributed by atoms with Gasteiger partial charge in [0.1, 0.15) is 6.04 Å². The fourth-order valence-corrected chi connectivity index (χ4v) is 2.50. The SMILES string of the molecule is CC.CC(=O)NCC(=O)NC(CCC(=O)O)C(=O)OC(C)C.Cc1c[nH]c2ccccc12. The lowest BCUT2D eigenvalue weighted by Gasteiger charge is -2.18. The Morgan fingerprint density at radius 3 is 2.28 bits per heavy atom. The molecular formula is C23H35N3O6. The highest BCUT2D eigenvalue weighted by molar-refractivity contribution is 5.88. The molecule has 4 N–H and O–H groups in total. The molecule has 1 unspecified atom stereocenters. The molecule has 9 heteroatoms. The number of carboxylic acids is 1. The van der Waals surface area contributed by atoms with Crippen molar-refractivity contribution in [1.29, 1.82) is 0 Å². The van der Waals surface area contributed by atoms with E-state index >= 15 is 0 Å². The minimum Gasteiger partial charge on any atom is -0.481 e. The number of benzene rings is 1. The van der Waals surface area contributed by atoms with Crippen molar-refractivity contribution in [2.45, 2.75) is 66.5 Å². The molecule has 0 saturated carbocycles. The summed E-state index contributed by atoms with van der Waals surface area (Å²) in [5.41, 5.74) is 2.54. The molecule has 1 atom stereocenters. The van der Waals surface area contributed by atoms with Crippen molar-refractivity contribution in [2.75, 3.05) is 6.54 Å². The van der Waals surface area contributed by atoms with Crippen molar-refractivity contribution in [2.24, 2.45) is 0 Å². The van der Waals surface area contributed by atoms with Crippen molar-refractivity contribution >= 4 is 34.7 Å². The topological polar surface area (TPSA) is 138 Å². The predicted octanol–water partition coefficient (Wildman–Crippen LogP) is 2.93.